The van der Waals surface area contributed by atoms with Gasteiger partial charge in [0.25, 0.3) is 5.91 Å². The maximum absolute atomic E-state index is 12.6. The summed E-state index contributed by atoms with van der Waals surface area (Å²) in [5, 5.41) is 0. The molecular weight excluding hydrogens is 266 g/mol. The average molecular weight is 285 g/mol. The zero-order chi connectivity index (χ0) is 14.7. The van der Waals surface area contributed by atoms with Gasteiger partial charge in [0.15, 0.2) is 5.76 Å². The third kappa shape index (κ3) is 2.85. The van der Waals surface area contributed by atoms with Crippen molar-refractivity contribution in [1.29, 1.82) is 0 Å². The molecule has 1 aliphatic heterocycles. The summed E-state index contributed by atoms with van der Waals surface area (Å²) in [5.74, 6) is 1.03. The van der Waals surface area contributed by atoms with Crippen LogP contribution in [0.1, 0.15) is 40.8 Å². The predicted molar refractivity (Wildman–Crippen MR) is 78.9 cm³/mol. The molecule has 2 aromatic rings. The van der Waals surface area contributed by atoms with E-state index in [2.05, 4.69) is 12.1 Å². The van der Waals surface area contributed by atoms with Crippen LogP contribution in [0.3, 0.4) is 0 Å². The fourth-order valence-electron chi connectivity index (χ4n) is 2.89. The molecule has 0 bridgehead atoms. The molecule has 21 heavy (non-hydrogen) atoms. The number of amides is 1. The Labute approximate surface area is 124 Å². The Morgan fingerprint density at radius 3 is 2.86 bits per heavy atom. The highest BCUT2D eigenvalue weighted by Crippen LogP contribution is 2.33. The first-order valence-electron chi connectivity index (χ1n) is 7.23. The molecule has 1 aromatic carbocycles. The highest BCUT2D eigenvalue weighted by molar-refractivity contribution is 5.92. The second-order valence-electron chi connectivity index (χ2n) is 5.27. The number of benzene rings is 1. The molecule has 4 nitrogen and oxygen atoms in total. The lowest BCUT2D eigenvalue weighted by Gasteiger charge is -2.24. The van der Waals surface area contributed by atoms with Crippen molar-refractivity contribution in [2.24, 2.45) is 0 Å². The maximum Gasteiger partial charge on any atom is 0.290 e. The summed E-state index contributed by atoms with van der Waals surface area (Å²) in [6.07, 6.45) is 2.03. The molecule has 4 heteroatoms. The van der Waals surface area contributed by atoms with E-state index in [1.807, 2.05) is 23.1 Å². The first-order valence-corrected chi connectivity index (χ1v) is 7.23. The van der Waals surface area contributed by atoms with Gasteiger partial charge in [0.1, 0.15) is 12.4 Å². The molecule has 110 valence electrons. The predicted octanol–water partition coefficient (Wildman–Crippen LogP) is 3.40. The van der Waals surface area contributed by atoms with E-state index in [4.69, 9.17) is 9.15 Å². The minimum absolute atomic E-state index is 0.0382. The Morgan fingerprint density at radius 2 is 2.10 bits per heavy atom. The van der Waals surface area contributed by atoms with Crippen molar-refractivity contribution in [2.45, 2.75) is 25.5 Å². The summed E-state index contributed by atoms with van der Waals surface area (Å²) in [7, 11) is 1.61. The normalized spacial score (nSPS) is 18.1. The molecule has 3 rings (SSSR count). The average Bonchev–Trinajstić information content (AvgIpc) is 3.17. The molecule has 1 aromatic heterocycles. The number of rotatable bonds is 4. The van der Waals surface area contributed by atoms with Gasteiger partial charge in [-0.2, -0.15) is 0 Å². The van der Waals surface area contributed by atoms with Crippen molar-refractivity contribution in [2.75, 3.05) is 13.7 Å². The molecule has 0 N–H and O–H groups in total. The molecule has 0 spiro atoms. The van der Waals surface area contributed by atoms with Gasteiger partial charge in [-0.3, -0.25) is 4.79 Å². The Hall–Kier alpha value is -2.07. The molecule has 0 saturated carbocycles. The van der Waals surface area contributed by atoms with Crippen LogP contribution in [0.2, 0.25) is 0 Å². The molecular formula is C17H19NO3. The van der Waals surface area contributed by atoms with Gasteiger partial charge in [-0.15, -0.1) is 0 Å². The molecule has 2 heterocycles. The van der Waals surface area contributed by atoms with E-state index in [1.165, 1.54) is 5.56 Å². The van der Waals surface area contributed by atoms with Crippen LogP contribution < -0.4 is 0 Å². The van der Waals surface area contributed by atoms with Gasteiger partial charge in [-0.25, -0.2) is 0 Å². The molecule has 1 amide bonds. The standard InChI is InChI=1S/C17H19NO3/c1-20-12-14-9-10-16(21-14)17(19)18-11-5-8-15(18)13-6-3-2-4-7-13/h2-4,6-7,9-10,15H,5,8,11-12H2,1H3. The number of nitrogens with zero attached hydrogens (tertiary/aromatic N) is 1. The Kier molecular flexibility index (Phi) is 4.06. The van der Waals surface area contributed by atoms with Gasteiger partial charge in [-0.05, 0) is 30.5 Å². The maximum atomic E-state index is 12.6. The zero-order valence-corrected chi connectivity index (χ0v) is 12.1. The Balaban J connectivity index is 1.79. The quantitative estimate of drug-likeness (QED) is 0.864. The van der Waals surface area contributed by atoms with Crippen LogP contribution in [0.25, 0.3) is 0 Å². The largest absolute Gasteiger partial charge is 0.453 e. The fraction of sp³-hybridized carbons (Fsp3) is 0.353. The molecule has 1 unspecified atom stereocenters. The molecule has 0 radical (unpaired) electrons. The number of carbonyl (C=O) groups excluding carboxylic acids is 1. The highest BCUT2D eigenvalue weighted by atomic mass is 16.5. The van der Waals surface area contributed by atoms with Crippen molar-refractivity contribution in [1.82, 2.24) is 4.90 Å². The Morgan fingerprint density at radius 1 is 1.29 bits per heavy atom. The monoisotopic (exact) mass is 285 g/mol. The van der Waals surface area contributed by atoms with Crippen LogP contribution in [0.4, 0.5) is 0 Å². The number of hydrogen-bond acceptors (Lipinski definition) is 3. The van der Waals surface area contributed by atoms with Crippen LogP contribution in [0.5, 0.6) is 0 Å². The number of methoxy groups -OCH3 is 1. The summed E-state index contributed by atoms with van der Waals surface area (Å²) < 4.78 is 10.6. The molecule has 1 saturated heterocycles. The lowest BCUT2D eigenvalue weighted by Crippen LogP contribution is -2.30. The van der Waals surface area contributed by atoms with Crippen LogP contribution in [0.15, 0.2) is 46.9 Å². The van der Waals surface area contributed by atoms with Crippen molar-refractivity contribution >= 4 is 5.91 Å². The Bertz CT molecular complexity index is 606. The van der Waals surface area contributed by atoms with E-state index < -0.39 is 0 Å². The molecule has 1 aliphatic rings. The van der Waals surface area contributed by atoms with E-state index in [0.717, 1.165) is 19.4 Å². The molecule has 1 fully saturated rings. The minimum Gasteiger partial charge on any atom is -0.453 e. The van der Waals surface area contributed by atoms with Crippen molar-refractivity contribution in [3.63, 3.8) is 0 Å². The van der Waals surface area contributed by atoms with Crippen LogP contribution in [0, 0.1) is 0 Å². The van der Waals surface area contributed by atoms with Gasteiger partial charge in [-0.1, -0.05) is 30.3 Å². The van der Waals surface area contributed by atoms with Gasteiger partial charge >= 0.3 is 0 Å². The molecule has 1 atom stereocenters. The SMILES string of the molecule is COCc1ccc(C(=O)N2CCCC2c2ccccc2)o1. The van der Waals surface area contributed by atoms with Gasteiger partial charge in [0.2, 0.25) is 0 Å². The highest BCUT2D eigenvalue weighted by Gasteiger charge is 2.31. The summed E-state index contributed by atoms with van der Waals surface area (Å²) in [4.78, 5) is 14.5. The van der Waals surface area contributed by atoms with Crippen molar-refractivity contribution in [3.05, 3.63) is 59.5 Å². The number of carbonyl (C=O) groups is 1. The van der Waals surface area contributed by atoms with Crippen LogP contribution in [-0.2, 0) is 11.3 Å². The smallest absolute Gasteiger partial charge is 0.290 e. The molecule has 0 aliphatic carbocycles. The third-order valence-corrected chi connectivity index (χ3v) is 3.86. The van der Waals surface area contributed by atoms with Crippen LogP contribution in [-0.4, -0.2) is 24.5 Å². The summed E-state index contributed by atoms with van der Waals surface area (Å²) in [5.41, 5.74) is 1.19. The lowest BCUT2D eigenvalue weighted by molar-refractivity contribution is 0.0695. The number of furan rings is 1. The van der Waals surface area contributed by atoms with E-state index in [9.17, 15) is 4.79 Å². The van der Waals surface area contributed by atoms with E-state index in [-0.39, 0.29) is 11.9 Å². The van der Waals surface area contributed by atoms with E-state index in [0.29, 0.717) is 18.1 Å². The van der Waals surface area contributed by atoms with Crippen molar-refractivity contribution in [3.8, 4) is 0 Å². The first-order chi connectivity index (χ1) is 10.3. The lowest BCUT2D eigenvalue weighted by atomic mass is 10.0. The van der Waals surface area contributed by atoms with Crippen molar-refractivity contribution < 1.29 is 13.9 Å². The van der Waals surface area contributed by atoms with E-state index >= 15 is 0 Å². The zero-order valence-electron chi connectivity index (χ0n) is 12.1. The van der Waals surface area contributed by atoms with Gasteiger partial charge in [0.05, 0.1) is 6.04 Å². The minimum atomic E-state index is -0.0382. The summed E-state index contributed by atoms with van der Waals surface area (Å²) in [6, 6.07) is 13.9. The van der Waals surface area contributed by atoms with Gasteiger partial charge in [0, 0.05) is 13.7 Å². The fourth-order valence-corrected chi connectivity index (χ4v) is 2.89. The number of ether oxygens (including phenoxy) is 1. The second-order valence-corrected chi connectivity index (χ2v) is 5.27. The topological polar surface area (TPSA) is 42.7 Å². The summed E-state index contributed by atoms with van der Waals surface area (Å²) in [6.45, 7) is 1.16. The van der Waals surface area contributed by atoms with Gasteiger partial charge < -0.3 is 14.1 Å². The number of likely N-dealkylation sites (tertiary alicyclic amines) is 1. The second kappa shape index (κ2) is 6.14. The van der Waals surface area contributed by atoms with E-state index in [1.54, 1.807) is 19.2 Å². The summed E-state index contributed by atoms with van der Waals surface area (Å²) >= 11 is 0. The number of hydrogen-bond donors (Lipinski definition) is 0. The third-order valence-electron chi connectivity index (χ3n) is 3.86. The van der Waals surface area contributed by atoms with Crippen LogP contribution >= 0.6 is 0 Å². The first kappa shape index (κ1) is 13.9.